The standard InChI is InChI=1S/C18H24N4O/c1-12(2)14-4-6-15(7-5-14)13(3)20-18(23)22-9-8-17-16(11-22)10-19-21-17/h4-7,10,12-13H,8-9,11H2,1-3H3,(H,19,21)(H,20,23)/t13-/m0/s1. The van der Waals surface area contributed by atoms with Crippen molar-refractivity contribution in [2.75, 3.05) is 6.54 Å². The van der Waals surface area contributed by atoms with Crippen molar-refractivity contribution >= 4 is 6.03 Å². The molecule has 23 heavy (non-hydrogen) atoms. The Morgan fingerprint density at radius 1 is 1.22 bits per heavy atom. The fraction of sp³-hybridized carbons (Fsp3) is 0.444. The van der Waals surface area contributed by atoms with E-state index in [1.165, 1.54) is 5.56 Å². The smallest absolute Gasteiger partial charge is 0.318 e. The summed E-state index contributed by atoms with van der Waals surface area (Å²) in [4.78, 5) is 14.3. The maximum atomic E-state index is 12.5. The predicted octanol–water partition coefficient (Wildman–Crippen LogP) is 3.36. The lowest BCUT2D eigenvalue weighted by molar-refractivity contribution is 0.189. The SMILES string of the molecule is CC(C)c1ccc([C@H](C)NC(=O)N2CCc3[nH]ncc3C2)cc1. The number of hydrogen-bond acceptors (Lipinski definition) is 2. The van der Waals surface area contributed by atoms with Crippen LogP contribution in [0.2, 0.25) is 0 Å². The zero-order valence-corrected chi connectivity index (χ0v) is 14.0. The molecule has 1 atom stereocenters. The Bertz CT molecular complexity index is 675. The molecule has 1 aromatic carbocycles. The van der Waals surface area contributed by atoms with E-state index < -0.39 is 0 Å². The molecule has 2 heterocycles. The Balaban J connectivity index is 1.61. The minimum atomic E-state index is -0.0164. The highest BCUT2D eigenvalue weighted by Crippen LogP contribution is 2.20. The van der Waals surface area contributed by atoms with Gasteiger partial charge in [-0.05, 0) is 24.0 Å². The van der Waals surface area contributed by atoms with Crippen molar-refractivity contribution in [1.29, 1.82) is 0 Å². The van der Waals surface area contributed by atoms with Crippen LogP contribution in [0.4, 0.5) is 4.79 Å². The first-order valence-electron chi connectivity index (χ1n) is 8.21. The highest BCUT2D eigenvalue weighted by molar-refractivity contribution is 5.75. The number of carbonyl (C=O) groups excluding carboxylic acids is 1. The third-order valence-corrected chi connectivity index (χ3v) is 4.53. The minimum absolute atomic E-state index is 0.00513. The number of benzene rings is 1. The molecule has 0 bridgehead atoms. The van der Waals surface area contributed by atoms with Crippen LogP contribution in [0.15, 0.2) is 30.5 Å². The summed E-state index contributed by atoms with van der Waals surface area (Å²) >= 11 is 0. The topological polar surface area (TPSA) is 61.0 Å². The number of urea groups is 1. The second kappa shape index (κ2) is 6.44. The van der Waals surface area contributed by atoms with Crippen LogP contribution in [-0.4, -0.2) is 27.7 Å². The lowest BCUT2D eigenvalue weighted by atomic mass is 10.00. The first-order chi connectivity index (χ1) is 11.0. The average molecular weight is 312 g/mol. The van der Waals surface area contributed by atoms with E-state index >= 15 is 0 Å². The number of rotatable bonds is 3. The fourth-order valence-corrected chi connectivity index (χ4v) is 2.92. The van der Waals surface area contributed by atoms with E-state index in [4.69, 9.17) is 0 Å². The van der Waals surface area contributed by atoms with Gasteiger partial charge < -0.3 is 10.2 Å². The van der Waals surface area contributed by atoms with Crippen molar-refractivity contribution in [3.8, 4) is 0 Å². The van der Waals surface area contributed by atoms with E-state index in [-0.39, 0.29) is 12.1 Å². The monoisotopic (exact) mass is 312 g/mol. The second-order valence-corrected chi connectivity index (χ2v) is 6.54. The molecule has 0 saturated carbocycles. The normalized spacial score (nSPS) is 15.4. The molecule has 1 aliphatic heterocycles. The molecule has 122 valence electrons. The summed E-state index contributed by atoms with van der Waals surface area (Å²) in [5.74, 6) is 0.520. The molecule has 0 saturated heterocycles. The van der Waals surface area contributed by atoms with Gasteiger partial charge in [0, 0.05) is 24.2 Å². The van der Waals surface area contributed by atoms with Crippen molar-refractivity contribution < 1.29 is 4.79 Å². The summed E-state index contributed by atoms with van der Waals surface area (Å²) in [5, 5.41) is 10.1. The molecule has 0 aliphatic carbocycles. The summed E-state index contributed by atoms with van der Waals surface area (Å²) in [6.07, 6.45) is 2.64. The van der Waals surface area contributed by atoms with Crippen LogP contribution < -0.4 is 5.32 Å². The van der Waals surface area contributed by atoms with Crippen LogP contribution in [0.3, 0.4) is 0 Å². The number of nitrogens with zero attached hydrogens (tertiary/aromatic N) is 2. The molecule has 0 fully saturated rings. The first kappa shape index (κ1) is 15.6. The molecule has 3 rings (SSSR count). The molecule has 1 aliphatic rings. The summed E-state index contributed by atoms with van der Waals surface area (Å²) in [7, 11) is 0. The van der Waals surface area contributed by atoms with Gasteiger partial charge in [-0.1, -0.05) is 38.1 Å². The number of nitrogens with one attached hydrogen (secondary N) is 2. The van der Waals surface area contributed by atoms with Crippen LogP contribution in [0.1, 0.15) is 55.1 Å². The molecule has 0 unspecified atom stereocenters. The minimum Gasteiger partial charge on any atom is -0.331 e. The van der Waals surface area contributed by atoms with Crippen molar-refractivity contribution in [3.05, 3.63) is 52.8 Å². The molecule has 0 radical (unpaired) electrons. The average Bonchev–Trinajstić information content (AvgIpc) is 3.02. The van der Waals surface area contributed by atoms with Gasteiger partial charge in [-0.2, -0.15) is 5.10 Å². The largest absolute Gasteiger partial charge is 0.331 e. The van der Waals surface area contributed by atoms with Gasteiger partial charge >= 0.3 is 6.03 Å². The lowest BCUT2D eigenvalue weighted by Gasteiger charge is -2.28. The maximum absolute atomic E-state index is 12.5. The summed E-state index contributed by atoms with van der Waals surface area (Å²) in [6, 6.07) is 8.46. The van der Waals surface area contributed by atoms with Gasteiger partial charge in [0.1, 0.15) is 0 Å². The molecular weight excluding hydrogens is 288 g/mol. The number of aromatic nitrogens is 2. The van der Waals surface area contributed by atoms with Crippen molar-refractivity contribution in [2.24, 2.45) is 0 Å². The fourth-order valence-electron chi connectivity index (χ4n) is 2.92. The maximum Gasteiger partial charge on any atom is 0.318 e. The highest BCUT2D eigenvalue weighted by atomic mass is 16.2. The third kappa shape index (κ3) is 3.38. The Kier molecular flexibility index (Phi) is 4.37. The van der Waals surface area contributed by atoms with Crippen molar-refractivity contribution in [3.63, 3.8) is 0 Å². The van der Waals surface area contributed by atoms with Crippen LogP contribution in [0.25, 0.3) is 0 Å². The molecule has 5 nitrogen and oxygen atoms in total. The number of fused-ring (bicyclic) bond motifs is 1. The van der Waals surface area contributed by atoms with Crippen LogP contribution >= 0.6 is 0 Å². The van der Waals surface area contributed by atoms with E-state index in [2.05, 4.69) is 53.6 Å². The number of carbonyl (C=O) groups is 1. The van der Waals surface area contributed by atoms with E-state index in [9.17, 15) is 4.79 Å². The lowest BCUT2D eigenvalue weighted by Crippen LogP contribution is -2.43. The molecule has 2 N–H and O–H groups in total. The molecule has 2 aromatic rings. The summed E-state index contributed by atoms with van der Waals surface area (Å²) in [5.41, 5.74) is 4.70. The highest BCUT2D eigenvalue weighted by Gasteiger charge is 2.23. The second-order valence-electron chi connectivity index (χ2n) is 6.54. The van der Waals surface area contributed by atoms with Gasteiger partial charge in [0.25, 0.3) is 0 Å². The van der Waals surface area contributed by atoms with Gasteiger partial charge in [0.15, 0.2) is 0 Å². The summed E-state index contributed by atoms with van der Waals surface area (Å²) < 4.78 is 0. The third-order valence-electron chi connectivity index (χ3n) is 4.53. The summed E-state index contributed by atoms with van der Waals surface area (Å²) in [6.45, 7) is 7.73. The molecule has 5 heteroatoms. The number of hydrogen-bond donors (Lipinski definition) is 2. The van der Waals surface area contributed by atoms with Gasteiger partial charge in [-0.25, -0.2) is 4.79 Å². The Morgan fingerprint density at radius 2 is 1.91 bits per heavy atom. The molecule has 0 spiro atoms. The number of aromatic amines is 1. The Hall–Kier alpha value is -2.30. The number of H-pyrrole nitrogens is 1. The van der Waals surface area contributed by atoms with Gasteiger partial charge in [0.2, 0.25) is 0 Å². The van der Waals surface area contributed by atoms with E-state index in [1.54, 1.807) is 0 Å². The quantitative estimate of drug-likeness (QED) is 0.913. The van der Waals surface area contributed by atoms with E-state index in [0.29, 0.717) is 12.5 Å². The first-order valence-corrected chi connectivity index (χ1v) is 8.21. The zero-order chi connectivity index (χ0) is 16.4. The van der Waals surface area contributed by atoms with Crippen LogP contribution in [-0.2, 0) is 13.0 Å². The van der Waals surface area contributed by atoms with Gasteiger partial charge in [-0.3, -0.25) is 5.10 Å². The van der Waals surface area contributed by atoms with Gasteiger partial charge in [0.05, 0.1) is 18.8 Å². The van der Waals surface area contributed by atoms with Crippen LogP contribution in [0.5, 0.6) is 0 Å². The predicted molar refractivity (Wildman–Crippen MR) is 90.2 cm³/mol. The Morgan fingerprint density at radius 3 is 2.61 bits per heavy atom. The van der Waals surface area contributed by atoms with Crippen molar-refractivity contribution in [1.82, 2.24) is 20.4 Å². The molecular formula is C18H24N4O. The molecule has 2 amide bonds. The van der Waals surface area contributed by atoms with E-state index in [0.717, 1.165) is 29.8 Å². The van der Waals surface area contributed by atoms with Crippen LogP contribution in [0, 0.1) is 0 Å². The van der Waals surface area contributed by atoms with Gasteiger partial charge in [-0.15, -0.1) is 0 Å². The van der Waals surface area contributed by atoms with Crippen molar-refractivity contribution in [2.45, 2.75) is 45.7 Å². The van der Waals surface area contributed by atoms with E-state index in [1.807, 2.05) is 18.0 Å². The number of amides is 2. The molecule has 1 aromatic heterocycles. The zero-order valence-electron chi connectivity index (χ0n) is 14.0. The Labute approximate surface area is 137 Å².